The molecule has 5 nitrogen and oxygen atoms in total. The maximum Gasteiger partial charge on any atom is 0.262 e. The van der Waals surface area contributed by atoms with Gasteiger partial charge in [0.15, 0.2) is 0 Å². The van der Waals surface area contributed by atoms with Gasteiger partial charge in [0, 0.05) is 4.47 Å². The van der Waals surface area contributed by atoms with Crippen LogP contribution in [0.25, 0.3) is 0 Å². The molecule has 0 aliphatic heterocycles. The number of nitrogens with one attached hydrogen (secondary N) is 2. The Balaban J connectivity index is 1.92. The maximum absolute atomic E-state index is 12.1. The number of hydrogen-bond donors (Lipinski definition) is 2. The Morgan fingerprint density at radius 2 is 2.04 bits per heavy atom. The molecular formula is C17H18BrN3O2. The van der Waals surface area contributed by atoms with Gasteiger partial charge in [-0.2, -0.15) is 5.10 Å². The van der Waals surface area contributed by atoms with E-state index in [1.54, 1.807) is 20.2 Å². The SMILES string of the molecule is COc1ccccc1NC(C)C(=O)NN=Cc1cccc(Br)c1. The first-order chi connectivity index (χ1) is 11.1. The molecular weight excluding hydrogens is 358 g/mol. The average Bonchev–Trinajstić information content (AvgIpc) is 2.55. The van der Waals surface area contributed by atoms with Gasteiger partial charge in [-0.15, -0.1) is 0 Å². The molecule has 1 amide bonds. The first kappa shape index (κ1) is 17.0. The van der Waals surface area contributed by atoms with E-state index < -0.39 is 6.04 Å². The van der Waals surface area contributed by atoms with E-state index >= 15 is 0 Å². The summed E-state index contributed by atoms with van der Waals surface area (Å²) in [7, 11) is 1.59. The summed E-state index contributed by atoms with van der Waals surface area (Å²) >= 11 is 3.39. The third kappa shape index (κ3) is 5.10. The summed E-state index contributed by atoms with van der Waals surface area (Å²) < 4.78 is 6.21. The molecule has 0 aromatic heterocycles. The van der Waals surface area contributed by atoms with E-state index in [1.807, 2.05) is 48.5 Å². The lowest BCUT2D eigenvalue weighted by atomic mass is 10.2. The summed E-state index contributed by atoms with van der Waals surface area (Å²) in [6.07, 6.45) is 1.60. The molecule has 0 bridgehead atoms. The number of rotatable bonds is 6. The molecule has 0 radical (unpaired) electrons. The van der Waals surface area contributed by atoms with Crippen LogP contribution in [0.1, 0.15) is 12.5 Å². The number of ether oxygens (including phenoxy) is 1. The second kappa shape index (κ2) is 8.33. The van der Waals surface area contributed by atoms with Crippen molar-refractivity contribution in [3.05, 3.63) is 58.6 Å². The second-order valence-corrected chi connectivity index (χ2v) is 5.77. The molecule has 1 atom stereocenters. The minimum absolute atomic E-state index is 0.234. The highest BCUT2D eigenvalue weighted by Crippen LogP contribution is 2.23. The van der Waals surface area contributed by atoms with Crippen molar-refractivity contribution < 1.29 is 9.53 Å². The van der Waals surface area contributed by atoms with E-state index in [0.29, 0.717) is 5.75 Å². The molecule has 0 fully saturated rings. The highest BCUT2D eigenvalue weighted by Gasteiger charge is 2.13. The Kier molecular flexibility index (Phi) is 6.17. The zero-order valence-electron chi connectivity index (χ0n) is 12.9. The number of para-hydroxylation sites is 2. The van der Waals surface area contributed by atoms with Crippen molar-refractivity contribution in [2.45, 2.75) is 13.0 Å². The van der Waals surface area contributed by atoms with Crippen LogP contribution in [0.3, 0.4) is 0 Å². The van der Waals surface area contributed by atoms with E-state index in [2.05, 4.69) is 31.8 Å². The molecule has 23 heavy (non-hydrogen) atoms. The number of carbonyl (C=O) groups is 1. The van der Waals surface area contributed by atoms with Crippen LogP contribution in [0.2, 0.25) is 0 Å². The average molecular weight is 376 g/mol. The van der Waals surface area contributed by atoms with Crippen molar-refractivity contribution in [3.63, 3.8) is 0 Å². The predicted molar refractivity (Wildman–Crippen MR) is 96.0 cm³/mol. The standard InChI is InChI=1S/C17H18BrN3O2/c1-12(20-15-8-3-4-9-16(15)23-2)17(22)21-19-11-13-6-5-7-14(18)10-13/h3-12,20H,1-2H3,(H,21,22). The molecule has 2 rings (SSSR count). The Labute approximate surface area is 143 Å². The molecule has 6 heteroatoms. The lowest BCUT2D eigenvalue weighted by Gasteiger charge is -2.15. The van der Waals surface area contributed by atoms with Gasteiger partial charge in [0.1, 0.15) is 11.8 Å². The van der Waals surface area contributed by atoms with Gasteiger partial charge in [-0.3, -0.25) is 4.79 Å². The third-order valence-corrected chi connectivity index (χ3v) is 3.60. The number of hydrazone groups is 1. The number of halogens is 1. The molecule has 0 aliphatic rings. The molecule has 0 aliphatic carbocycles. The van der Waals surface area contributed by atoms with Crippen molar-refractivity contribution in [1.29, 1.82) is 0 Å². The van der Waals surface area contributed by atoms with Crippen LogP contribution >= 0.6 is 15.9 Å². The van der Waals surface area contributed by atoms with Gasteiger partial charge in [0.25, 0.3) is 5.91 Å². The summed E-state index contributed by atoms with van der Waals surface area (Å²) in [6.45, 7) is 1.76. The fourth-order valence-corrected chi connectivity index (χ4v) is 2.33. The lowest BCUT2D eigenvalue weighted by molar-refractivity contribution is -0.121. The summed E-state index contributed by atoms with van der Waals surface area (Å²) in [5, 5.41) is 7.07. The fraction of sp³-hybridized carbons (Fsp3) is 0.176. The number of anilines is 1. The summed E-state index contributed by atoms with van der Waals surface area (Å²) in [4.78, 5) is 12.1. The van der Waals surface area contributed by atoms with Gasteiger partial charge in [-0.25, -0.2) is 5.43 Å². The molecule has 2 N–H and O–H groups in total. The van der Waals surface area contributed by atoms with Gasteiger partial charge in [-0.1, -0.05) is 40.2 Å². The van der Waals surface area contributed by atoms with Crippen LogP contribution in [-0.4, -0.2) is 25.3 Å². The zero-order valence-corrected chi connectivity index (χ0v) is 14.5. The summed E-state index contributed by atoms with van der Waals surface area (Å²) in [5.74, 6) is 0.451. The highest BCUT2D eigenvalue weighted by molar-refractivity contribution is 9.10. The second-order valence-electron chi connectivity index (χ2n) is 4.86. The van der Waals surface area contributed by atoms with Crippen LogP contribution in [0, 0.1) is 0 Å². The first-order valence-corrected chi connectivity index (χ1v) is 7.87. The Bertz CT molecular complexity index is 704. The predicted octanol–water partition coefficient (Wildman–Crippen LogP) is 3.41. The quantitative estimate of drug-likeness (QED) is 0.600. The van der Waals surface area contributed by atoms with Crippen LogP contribution in [0.5, 0.6) is 5.75 Å². The monoisotopic (exact) mass is 375 g/mol. The number of benzene rings is 2. The minimum atomic E-state index is -0.453. The minimum Gasteiger partial charge on any atom is -0.495 e. The normalized spacial score (nSPS) is 12.0. The van der Waals surface area contributed by atoms with Crippen molar-refractivity contribution in [2.75, 3.05) is 12.4 Å². The van der Waals surface area contributed by atoms with Crippen molar-refractivity contribution in [3.8, 4) is 5.75 Å². The Morgan fingerprint density at radius 1 is 1.26 bits per heavy atom. The van der Waals surface area contributed by atoms with E-state index in [1.165, 1.54) is 0 Å². The van der Waals surface area contributed by atoms with Crippen LogP contribution in [-0.2, 0) is 4.79 Å². The summed E-state index contributed by atoms with van der Waals surface area (Å²) in [5.41, 5.74) is 4.17. The van der Waals surface area contributed by atoms with Crippen molar-refractivity contribution in [2.24, 2.45) is 5.10 Å². The van der Waals surface area contributed by atoms with Gasteiger partial charge in [0.05, 0.1) is 19.0 Å². The van der Waals surface area contributed by atoms with Crippen LogP contribution in [0.15, 0.2) is 58.1 Å². The van der Waals surface area contributed by atoms with E-state index in [-0.39, 0.29) is 5.91 Å². The molecule has 120 valence electrons. The Morgan fingerprint density at radius 3 is 2.78 bits per heavy atom. The van der Waals surface area contributed by atoms with Crippen LogP contribution in [0.4, 0.5) is 5.69 Å². The number of nitrogens with zero attached hydrogens (tertiary/aromatic N) is 1. The molecule has 2 aromatic rings. The third-order valence-electron chi connectivity index (χ3n) is 3.11. The smallest absolute Gasteiger partial charge is 0.262 e. The number of methoxy groups -OCH3 is 1. The van der Waals surface area contributed by atoms with Gasteiger partial charge >= 0.3 is 0 Å². The van der Waals surface area contributed by atoms with E-state index in [9.17, 15) is 4.79 Å². The molecule has 2 aromatic carbocycles. The number of amides is 1. The maximum atomic E-state index is 12.1. The molecule has 1 unspecified atom stereocenters. The van der Waals surface area contributed by atoms with Gasteiger partial charge in [0.2, 0.25) is 0 Å². The highest BCUT2D eigenvalue weighted by atomic mass is 79.9. The van der Waals surface area contributed by atoms with Crippen molar-refractivity contribution in [1.82, 2.24) is 5.43 Å². The molecule has 0 saturated heterocycles. The summed E-state index contributed by atoms with van der Waals surface area (Å²) in [6, 6.07) is 14.6. The fourth-order valence-electron chi connectivity index (χ4n) is 1.92. The molecule has 0 spiro atoms. The Hall–Kier alpha value is -2.34. The topological polar surface area (TPSA) is 62.7 Å². The largest absolute Gasteiger partial charge is 0.495 e. The van der Waals surface area contributed by atoms with Crippen molar-refractivity contribution >= 4 is 33.7 Å². The molecule has 0 saturated carbocycles. The van der Waals surface area contributed by atoms with E-state index in [4.69, 9.17) is 4.74 Å². The van der Waals surface area contributed by atoms with Gasteiger partial charge < -0.3 is 10.1 Å². The lowest BCUT2D eigenvalue weighted by Crippen LogP contribution is -2.35. The van der Waals surface area contributed by atoms with E-state index in [0.717, 1.165) is 15.7 Å². The number of hydrogen-bond acceptors (Lipinski definition) is 4. The number of carbonyl (C=O) groups excluding carboxylic acids is 1. The van der Waals surface area contributed by atoms with Gasteiger partial charge in [-0.05, 0) is 36.8 Å². The van der Waals surface area contributed by atoms with Crippen LogP contribution < -0.4 is 15.5 Å². The zero-order chi connectivity index (χ0) is 16.7. The molecule has 0 heterocycles. The first-order valence-electron chi connectivity index (χ1n) is 7.08.